The van der Waals surface area contributed by atoms with E-state index in [1.165, 1.54) is 10.8 Å². The Hall–Kier alpha value is -3.72. The molecule has 0 aliphatic heterocycles. The number of ether oxygens (including phenoxy) is 2. The molecule has 1 N–H and O–H groups in total. The van der Waals surface area contributed by atoms with Gasteiger partial charge in [-0.15, -0.1) is 11.3 Å². The molecule has 0 spiro atoms. The predicted octanol–water partition coefficient (Wildman–Crippen LogP) is 3.74. The van der Waals surface area contributed by atoms with Gasteiger partial charge in [-0.1, -0.05) is 36.4 Å². The van der Waals surface area contributed by atoms with Crippen molar-refractivity contribution in [1.82, 2.24) is 4.57 Å². The molecular formula is C25H26N2O6S. The largest absolute Gasteiger partial charge is 0.462 e. The molecule has 2 heterocycles. The molecule has 0 bridgehead atoms. The number of amides is 1. The van der Waals surface area contributed by atoms with Crippen molar-refractivity contribution >= 4 is 34.2 Å². The van der Waals surface area contributed by atoms with E-state index >= 15 is 0 Å². The Balaban J connectivity index is 1.78. The SMILES string of the molecule is CCOC(=O)c1c(NC(=O)Cn2cccc(C)c2=O)sc(C(=O)OCCc2ccccc2)c1C. The number of rotatable bonds is 9. The molecule has 0 saturated carbocycles. The van der Waals surface area contributed by atoms with Crippen LogP contribution in [0.25, 0.3) is 0 Å². The molecule has 1 aromatic carbocycles. The molecule has 0 saturated heterocycles. The quantitative estimate of drug-likeness (QED) is 0.466. The molecule has 3 aromatic rings. The average Bonchev–Trinajstić information content (AvgIpc) is 3.13. The fourth-order valence-electron chi connectivity index (χ4n) is 3.32. The number of hydrogen-bond donors (Lipinski definition) is 1. The first-order chi connectivity index (χ1) is 16.3. The minimum absolute atomic E-state index is 0.104. The second-order valence-corrected chi connectivity index (χ2v) is 8.55. The molecule has 8 nitrogen and oxygen atoms in total. The lowest BCUT2D eigenvalue weighted by atomic mass is 10.1. The molecule has 0 aliphatic rings. The third-order valence-electron chi connectivity index (χ3n) is 5.06. The van der Waals surface area contributed by atoms with Crippen LogP contribution in [0.15, 0.2) is 53.5 Å². The van der Waals surface area contributed by atoms with Crippen molar-refractivity contribution in [3.05, 3.63) is 86.1 Å². The Labute approximate surface area is 201 Å². The van der Waals surface area contributed by atoms with Crippen molar-refractivity contribution in [3.8, 4) is 0 Å². The first-order valence-corrected chi connectivity index (χ1v) is 11.6. The smallest absolute Gasteiger partial charge is 0.348 e. The minimum atomic E-state index is -0.650. The molecule has 0 fully saturated rings. The van der Waals surface area contributed by atoms with Crippen LogP contribution in [0.5, 0.6) is 0 Å². The van der Waals surface area contributed by atoms with E-state index in [0.717, 1.165) is 16.9 Å². The first kappa shape index (κ1) is 24.9. The van der Waals surface area contributed by atoms with Gasteiger partial charge in [0.15, 0.2) is 0 Å². The Morgan fingerprint density at radius 3 is 2.44 bits per heavy atom. The number of nitrogens with one attached hydrogen (secondary N) is 1. The van der Waals surface area contributed by atoms with Gasteiger partial charge in [-0.3, -0.25) is 9.59 Å². The van der Waals surface area contributed by atoms with Crippen LogP contribution in [0.2, 0.25) is 0 Å². The van der Waals surface area contributed by atoms with Crippen molar-refractivity contribution in [2.45, 2.75) is 33.7 Å². The summed E-state index contributed by atoms with van der Waals surface area (Å²) < 4.78 is 11.8. The van der Waals surface area contributed by atoms with E-state index < -0.39 is 17.8 Å². The summed E-state index contributed by atoms with van der Waals surface area (Å²) >= 11 is 0.946. The van der Waals surface area contributed by atoms with Crippen LogP contribution >= 0.6 is 11.3 Å². The van der Waals surface area contributed by atoms with Crippen LogP contribution in [0.1, 0.15) is 43.6 Å². The normalized spacial score (nSPS) is 10.6. The first-order valence-electron chi connectivity index (χ1n) is 10.8. The summed E-state index contributed by atoms with van der Waals surface area (Å²) in [6, 6.07) is 12.9. The van der Waals surface area contributed by atoms with Gasteiger partial charge in [0.2, 0.25) is 5.91 Å². The van der Waals surface area contributed by atoms with Crippen LogP contribution in [0.3, 0.4) is 0 Å². The number of aryl methyl sites for hydroxylation is 1. The lowest BCUT2D eigenvalue weighted by molar-refractivity contribution is -0.116. The van der Waals surface area contributed by atoms with E-state index in [1.54, 1.807) is 32.9 Å². The van der Waals surface area contributed by atoms with E-state index in [9.17, 15) is 19.2 Å². The van der Waals surface area contributed by atoms with Crippen LogP contribution in [0, 0.1) is 13.8 Å². The molecule has 0 atom stereocenters. The summed E-state index contributed by atoms with van der Waals surface area (Å²) in [6.07, 6.45) is 2.06. The molecule has 178 valence electrons. The molecule has 1 amide bonds. The van der Waals surface area contributed by atoms with Crippen molar-refractivity contribution in [2.24, 2.45) is 0 Å². The van der Waals surface area contributed by atoms with E-state index in [2.05, 4.69) is 5.32 Å². The van der Waals surface area contributed by atoms with Gasteiger partial charge in [0.25, 0.3) is 5.56 Å². The molecule has 9 heteroatoms. The summed E-state index contributed by atoms with van der Waals surface area (Å²) in [5.74, 6) is -1.74. The van der Waals surface area contributed by atoms with E-state index in [4.69, 9.17) is 9.47 Å². The van der Waals surface area contributed by atoms with Crippen LogP contribution in [-0.4, -0.2) is 35.6 Å². The van der Waals surface area contributed by atoms with Gasteiger partial charge in [-0.05, 0) is 38.0 Å². The van der Waals surface area contributed by atoms with Gasteiger partial charge in [0.05, 0.1) is 18.8 Å². The maximum absolute atomic E-state index is 12.7. The number of hydrogen-bond acceptors (Lipinski definition) is 7. The summed E-state index contributed by atoms with van der Waals surface area (Å²) in [6.45, 7) is 5.01. The van der Waals surface area contributed by atoms with Gasteiger partial charge in [-0.2, -0.15) is 0 Å². The Morgan fingerprint density at radius 2 is 1.74 bits per heavy atom. The fourth-order valence-corrected chi connectivity index (χ4v) is 4.42. The van der Waals surface area contributed by atoms with Crippen LogP contribution in [-0.2, 0) is 27.2 Å². The summed E-state index contributed by atoms with van der Waals surface area (Å²) in [5.41, 5.74) is 1.73. The van der Waals surface area contributed by atoms with Gasteiger partial charge < -0.3 is 19.4 Å². The number of aromatic nitrogens is 1. The number of anilines is 1. The predicted molar refractivity (Wildman–Crippen MR) is 130 cm³/mol. The van der Waals surface area contributed by atoms with Crippen LogP contribution < -0.4 is 10.9 Å². The molecule has 0 aliphatic carbocycles. The molecular weight excluding hydrogens is 456 g/mol. The monoisotopic (exact) mass is 482 g/mol. The lowest BCUT2D eigenvalue weighted by Crippen LogP contribution is -2.28. The maximum Gasteiger partial charge on any atom is 0.348 e. The highest BCUT2D eigenvalue weighted by Gasteiger charge is 2.27. The third-order valence-corrected chi connectivity index (χ3v) is 6.24. The van der Waals surface area contributed by atoms with Gasteiger partial charge in [-0.25, -0.2) is 9.59 Å². The Bertz CT molecular complexity index is 1250. The van der Waals surface area contributed by atoms with Crippen molar-refractivity contribution < 1.29 is 23.9 Å². The van der Waals surface area contributed by atoms with E-state index in [1.807, 2.05) is 30.3 Å². The third kappa shape index (κ3) is 5.99. The van der Waals surface area contributed by atoms with E-state index in [-0.39, 0.29) is 40.8 Å². The minimum Gasteiger partial charge on any atom is -0.462 e. The molecule has 2 aromatic heterocycles. The van der Waals surface area contributed by atoms with Crippen molar-refractivity contribution in [1.29, 1.82) is 0 Å². The maximum atomic E-state index is 12.7. The number of esters is 2. The molecule has 0 unspecified atom stereocenters. The topological polar surface area (TPSA) is 104 Å². The number of nitrogens with zero attached hydrogens (tertiary/aromatic N) is 1. The fraction of sp³-hybridized carbons (Fsp3) is 0.280. The Kier molecular flexibility index (Phi) is 8.37. The zero-order valence-corrected chi connectivity index (χ0v) is 20.1. The van der Waals surface area contributed by atoms with E-state index in [0.29, 0.717) is 17.5 Å². The molecule has 34 heavy (non-hydrogen) atoms. The number of benzene rings is 1. The number of carbonyl (C=O) groups excluding carboxylic acids is 3. The second-order valence-electron chi connectivity index (χ2n) is 7.52. The van der Waals surface area contributed by atoms with Crippen molar-refractivity contribution in [3.63, 3.8) is 0 Å². The van der Waals surface area contributed by atoms with Crippen LogP contribution in [0.4, 0.5) is 5.00 Å². The number of thiophene rings is 1. The summed E-state index contributed by atoms with van der Waals surface area (Å²) in [7, 11) is 0. The summed E-state index contributed by atoms with van der Waals surface area (Å²) in [4.78, 5) is 50.4. The zero-order valence-electron chi connectivity index (χ0n) is 19.3. The highest BCUT2D eigenvalue weighted by molar-refractivity contribution is 7.18. The molecule has 3 rings (SSSR count). The number of pyridine rings is 1. The zero-order chi connectivity index (χ0) is 24.7. The molecule has 0 radical (unpaired) electrons. The Morgan fingerprint density at radius 1 is 1.00 bits per heavy atom. The highest BCUT2D eigenvalue weighted by Crippen LogP contribution is 2.34. The standard InChI is InChI=1S/C25H26N2O6S/c1-4-32-24(30)20-17(3)21(25(31)33-14-12-18-10-6-5-7-11-18)34-22(20)26-19(28)15-27-13-8-9-16(2)23(27)29/h5-11,13H,4,12,14-15H2,1-3H3,(H,26,28). The summed E-state index contributed by atoms with van der Waals surface area (Å²) in [5, 5.41) is 2.83. The average molecular weight is 483 g/mol. The van der Waals surface area contributed by atoms with Gasteiger partial charge >= 0.3 is 11.9 Å². The van der Waals surface area contributed by atoms with Gasteiger partial charge in [0.1, 0.15) is 16.4 Å². The van der Waals surface area contributed by atoms with Gasteiger partial charge in [0, 0.05) is 18.2 Å². The van der Waals surface area contributed by atoms with Crippen molar-refractivity contribution in [2.75, 3.05) is 18.5 Å². The highest BCUT2D eigenvalue weighted by atomic mass is 32.1. The number of carbonyl (C=O) groups is 3. The second kappa shape index (κ2) is 11.4. The lowest BCUT2D eigenvalue weighted by Gasteiger charge is -2.09.